The molecule has 41 heavy (non-hydrogen) atoms. The smallest absolute Gasteiger partial charge is 0.192 e. The highest BCUT2D eigenvalue weighted by molar-refractivity contribution is 6.74. The number of hydrogen-bond acceptors (Lipinski definition) is 6. The molecule has 2 rings (SSSR count). The average Bonchev–Trinajstić information content (AvgIpc) is 3.78. The standard InChI is InChI=1S/C32H66O6Si3/c1-12-39(13-2,14-3)36-26(11)25(10)30-29(35-30)23-27-24-34-28(21-22-33)32(38-41(18-7,19-8)20-9)31(27)37-40(15-4,16-5)17-6/h22,25-32H,12-21,23-24H2,1-11H3/t25-,26+,27+,28+,29+,30+,31-,32-/m1/s1. The number of epoxide rings is 1. The summed E-state index contributed by atoms with van der Waals surface area (Å²) in [4.78, 5) is 11.8. The van der Waals surface area contributed by atoms with Crippen molar-refractivity contribution in [1.82, 2.24) is 0 Å². The van der Waals surface area contributed by atoms with Crippen LogP contribution in [0.25, 0.3) is 0 Å². The Balaban J connectivity index is 2.31. The van der Waals surface area contributed by atoms with Gasteiger partial charge in [0.25, 0.3) is 0 Å². The van der Waals surface area contributed by atoms with Crippen molar-refractivity contribution in [3.05, 3.63) is 0 Å². The van der Waals surface area contributed by atoms with Crippen molar-refractivity contribution in [2.45, 2.75) is 180 Å². The van der Waals surface area contributed by atoms with E-state index in [0.29, 0.717) is 18.9 Å². The Morgan fingerprint density at radius 3 is 1.61 bits per heavy atom. The zero-order chi connectivity index (χ0) is 30.8. The monoisotopic (exact) mass is 630 g/mol. The van der Waals surface area contributed by atoms with Crippen molar-refractivity contribution in [2.75, 3.05) is 6.61 Å². The molecule has 2 aliphatic rings. The highest BCUT2D eigenvalue weighted by atomic mass is 28.4. The number of hydrogen-bond donors (Lipinski definition) is 0. The molecule has 2 heterocycles. The molecule has 0 spiro atoms. The van der Waals surface area contributed by atoms with Crippen LogP contribution >= 0.6 is 0 Å². The minimum atomic E-state index is -1.96. The van der Waals surface area contributed by atoms with E-state index in [-0.39, 0.29) is 42.5 Å². The Morgan fingerprint density at radius 2 is 1.17 bits per heavy atom. The van der Waals surface area contributed by atoms with Crippen LogP contribution in [0.2, 0.25) is 54.4 Å². The second-order valence-electron chi connectivity index (χ2n) is 13.0. The van der Waals surface area contributed by atoms with Gasteiger partial charge in [-0.15, -0.1) is 0 Å². The average molecular weight is 631 g/mol. The molecule has 8 atom stereocenters. The molecule has 0 N–H and O–H groups in total. The van der Waals surface area contributed by atoms with Gasteiger partial charge in [0.15, 0.2) is 25.0 Å². The van der Waals surface area contributed by atoms with Gasteiger partial charge in [0, 0.05) is 24.4 Å². The van der Waals surface area contributed by atoms with Crippen molar-refractivity contribution in [2.24, 2.45) is 11.8 Å². The molecule has 9 heteroatoms. The maximum absolute atomic E-state index is 11.8. The zero-order valence-corrected chi connectivity index (χ0v) is 31.6. The molecule has 0 amide bonds. The van der Waals surface area contributed by atoms with Gasteiger partial charge in [-0.3, -0.25) is 0 Å². The van der Waals surface area contributed by atoms with Crippen molar-refractivity contribution < 1.29 is 27.5 Å². The molecule has 6 nitrogen and oxygen atoms in total. The third-order valence-electron chi connectivity index (χ3n) is 11.4. The van der Waals surface area contributed by atoms with Crippen LogP contribution in [-0.4, -0.2) is 74.5 Å². The molecule has 0 unspecified atom stereocenters. The first-order chi connectivity index (χ1) is 19.6. The third-order valence-corrected chi connectivity index (χ3v) is 25.4. The third kappa shape index (κ3) is 9.08. The summed E-state index contributed by atoms with van der Waals surface area (Å²) >= 11 is 0. The van der Waals surface area contributed by atoms with E-state index in [1.54, 1.807) is 0 Å². The molecule has 242 valence electrons. The molecule has 0 saturated carbocycles. The highest BCUT2D eigenvalue weighted by Crippen LogP contribution is 2.43. The van der Waals surface area contributed by atoms with Crippen LogP contribution < -0.4 is 0 Å². The fourth-order valence-corrected chi connectivity index (χ4v) is 15.9. The van der Waals surface area contributed by atoms with E-state index in [2.05, 4.69) is 76.2 Å². The summed E-state index contributed by atoms with van der Waals surface area (Å²) in [5.74, 6) is 0.552. The van der Waals surface area contributed by atoms with E-state index in [9.17, 15) is 4.79 Å². The van der Waals surface area contributed by atoms with Crippen LogP contribution in [0.5, 0.6) is 0 Å². The predicted molar refractivity (Wildman–Crippen MR) is 178 cm³/mol. The van der Waals surface area contributed by atoms with E-state index in [1.807, 2.05) is 0 Å². The summed E-state index contributed by atoms with van der Waals surface area (Å²) in [6.07, 6.45) is 2.43. The number of carbonyl (C=O) groups is 1. The van der Waals surface area contributed by atoms with E-state index in [4.69, 9.17) is 22.8 Å². The summed E-state index contributed by atoms with van der Waals surface area (Å²) in [6.45, 7) is 25.8. The molecule has 2 aliphatic heterocycles. The fraction of sp³-hybridized carbons (Fsp3) is 0.969. The summed E-state index contributed by atoms with van der Waals surface area (Å²) < 4.78 is 34.3. The Kier molecular flexibility index (Phi) is 15.5. The van der Waals surface area contributed by atoms with E-state index in [1.165, 1.54) is 18.1 Å². The SMILES string of the molecule is CC[Si](CC)(CC)O[C@@H]1[C@@H](C[C@@H]2O[C@H]2[C@H](C)[C@H](C)O[Si](CC)(CC)CC)CO[C@@H](CC=O)[C@H]1O[Si](CC)(CC)CC. The lowest BCUT2D eigenvalue weighted by Crippen LogP contribution is -2.60. The van der Waals surface area contributed by atoms with Gasteiger partial charge in [0.2, 0.25) is 0 Å². The summed E-state index contributed by atoms with van der Waals surface area (Å²) in [6, 6.07) is 10.0. The van der Waals surface area contributed by atoms with Gasteiger partial charge in [-0.05, 0) is 67.7 Å². The minimum absolute atomic E-state index is 0.0501. The molecular formula is C32H66O6Si3. The van der Waals surface area contributed by atoms with Crippen molar-refractivity contribution >= 4 is 31.2 Å². The number of aldehydes is 1. The number of carbonyl (C=O) groups excluding carboxylic acids is 1. The lowest BCUT2D eigenvalue weighted by Gasteiger charge is -2.49. The van der Waals surface area contributed by atoms with Crippen molar-refractivity contribution in [3.8, 4) is 0 Å². The first-order valence-corrected chi connectivity index (χ1v) is 24.9. The topological polar surface area (TPSA) is 66.5 Å². The van der Waals surface area contributed by atoms with Crippen LogP contribution in [0.15, 0.2) is 0 Å². The summed E-state index contributed by atoms with van der Waals surface area (Å²) in [5, 5.41) is 0. The molecule has 0 bridgehead atoms. The second-order valence-corrected chi connectivity index (χ2v) is 27.2. The van der Waals surface area contributed by atoms with Gasteiger partial charge < -0.3 is 27.5 Å². The predicted octanol–water partition coefficient (Wildman–Crippen LogP) is 8.58. The zero-order valence-electron chi connectivity index (χ0n) is 28.6. The van der Waals surface area contributed by atoms with Gasteiger partial charge in [0.05, 0.1) is 37.1 Å². The maximum Gasteiger partial charge on any atom is 0.192 e. The quantitative estimate of drug-likeness (QED) is 0.0719. The van der Waals surface area contributed by atoms with Gasteiger partial charge >= 0.3 is 0 Å². The fourth-order valence-electron chi connectivity index (χ4n) is 7.18. The largest absolute Gasteiger partial charge is 0.414 e. The van der Waals surface area contributed by atoms with Gasteiger partial charge in [-0.1, -0.05) is 69.2 Å². The Morgan fingerprint density at radius 1 is 0.707 bits per heavy atom. The molecule has 0 aromatic rings. The van der Waals surface area contributed by atoms with E-state index in [0.717, 1.165) is 49.0 Å². The maximum atomic E-state index is 11.8. The van der Waals surface area contributed by atoms with Crippen LogP contribution in [0.1, 0.15) is 89.0 Å². The molecule has 0 aromatic carbocycles. The van der Waals surface area contributed by atoms with E-state index >= 15 is 0 Å². The van der Waals surface area contributed by atoms with Crippen molar-refractivity contribution in [3.63, 3.8) is 0 Å². The molecule has 0 aliphatic carbocycles. The lowest BCUT2D eigenvalue weighted by molar-refractivity contribution is -0.158. The Hall–Kier alpha value is 0.121. The Labute approximate surface area is 256 Å². The van der Waals surface area contributed by atoms with Crippen LogP contribution in [0.4, 0.5) is 0 Å². The van der Waals surface area contributed by atoms with Crippen LogP contribution in [0, 0.1) is 11.8 Å². The lowest BCUT2D eigenvalue weighted by atomic mass is 9.86. The van der Waals surface area contributed by atoms with Crippen molar-refractivity contribution in [1.29, 1.82) is 0 Å². The highest BCUT2D eigenvalue weighted by Gasteiger charge is 2.53. The normalized spacial score (nSPS) is 28.9. The molecular weight excluding hydrogens is 565 g/mol. The van der Waals surface area contributed by atoms with Gasteiger partial charge in [-0.25, -0.2) is 0 Å². The summed E-state index contributed by atoms with van der Waals surface area (Å²) in [7, 11) is -5.57. The first kappa shape index (κ1) is 37.3. The molecule has 0 aromatic heterocycles. The van der Waals surface area contributed by atoms with Crippen LogP contribution in [0.3, 0.4) is 0 Å². The second kappa shape index (κ2) is 17.0. The van der Waals surface area contributed by atoms with Gasteiger partial charge in [-0.2, -0.15) is 0 Å². The van der Waals surface area contributed by atoms with Gasteiger partial charge in [0.1, 0.15) is 6.29 Å². The van der Waals surface area contributed by atoms with E-state index < -0.39 is 25.0 Å². The Bertz CT molecular complexity index is 733. The molecule has 2 saturated heterocycles. The number of ether oxygens (including phenoxy) is 2. The summed E-state index contributed by atoms with van der Waals surface area (Å²) in [5.41, 5.74) is 0. The van der Waals surface area contributed by atoms with Crippen LogP contribution in [-0.2, 0) is 27.5 Å². The molecule has 0 radical (unpaired) electrons. The minimum Gasteiger partial charge on any atom is -0.414 e. The number of rotatable bonds is 21. The first-order valence-electron chi connectivity index (χ1n) is 17.3. The molecule has 2 fully saturated rings.